The third-order valence-electron chi connectivity index (χ3n) is 5.21. The number of ether oxygens (including phenoxy) is 1. The van der Waals surface area contributed by atoms with E-state index in [4.69, 9.17) is 10.5 Å². The molecule has 0 fully saturated rings. The molecule has 0 aliphatic rings. The van der Waals surface area contributed by atoms with Crippen molar-refractivity contribution in [2.45, 2.75) is 72.8 Å². The first-order valence-corrected chi connectivity index (χ1v) is 10.9. The third-order valence-corrected chi connectivity index (χ3v) is 5.21. The highest BCUT2D eigenvalue weighted by Gasteiger charge is 2.17. The summed E-state index contributed by atoms with van der Waals surface area (Å²) in [5, 5.41) is 11.3. The van der Waals surface area contributed by atoms with Gasteiger partial charge in [-0.2, -0.15) is 0 Å². The zero-order chi connectivity index (χ0) is 22.1. The minimum Gasteiger partial charge on any atom is -0.500 e. The Morgan fingerprint density at radius 1 is 1.17 bits per heavy atom. The molecule has 2 rings (SSSR count). The molecule has 0 amide bonds. The largest absolute Gasteiger partial charge is 0.500 e. The normalized spacial score (nSPS) is 11.7. The lowest BCUT2D eigenvalue weighted by Crippen LogP contribution is -2.21. The molecule has 0 aliphatic heterocycles. The van der Waals surface area contributed by atoms with Gasteiger partial charge in [0.1, 0.15) is 6.61 Å². The van der Waals surface area contributed by atoms with Gasteiger partial charge in [-0.05, 0) is 64.3 Å². The summed E-state index contributed by atoms with van der Waals surface area (Å²) in [7, 11) is 0. The fraction of sp³-hybridized carbons (Fsp3) is 0.480. The lowest BCUT2D eigenvalue weighted by Gasteiger charge is -2.16. The number of allylic oxidation sites excluding steroid dienone is 3. The Bertz CT molecular complexity index is 966. The van der Waals surface area contributed by atoms with Crippen LogP contribution < -0.4 is 16.0 Å². The molecule has 1 heterocycles. The standard InChI is InChI=1S/C25H36N2O3/c1-5-6-7-8-15-27-22-17-20(26)12-13-21(22)24(23(28)25(27)29)30-16-14-19(4)11-9-10-18(2)3/h10,12-14,17,28H,5-9,11,15-16,26H2,1-4H3/b19-14+. The summed E-state index contributed by atoms with van der Waals surface area (Å²) in [4.78, 5) is 12.9. The summed E-state index contributed by atoms with van der Waals surface area (Å²) >= 11 is 0. The van der Waals surface area contributed by atoms with Crippen LogP contribution in [0.5, 0.6) is 11.5 Å². The van der Waals surface area contributed by atoms with Crippen LogP contribution in [0.15, 0.2) is 46.3 Å². The fourth-order valence-corrected chi connectivity index (χ4v) is 3.45. The second kappa shape index (κ2) is 11.5. The van der Waals surface area contributed by atoms with Gasteiger partial charge in [-0.15, -0.1) is 0 Å². The minimum absolute atomic E-state index is 0.230. The van der Waals surface area contributed by atoms with Crippen molar-refractivity contribution in [1.82, 2.24) is 4.57 Å². The minimum atomic E-state index is -0.427. The van der Waals surface area contributed by atoms with Crippen molar-refractivity contribution < 1.29 is 9.84 Å². The number of unbranched alkanes of at least 4 members (excludes halogenated alkanes) is 3. The lowest BCUT2D eigenvalue weighted by molar-refractivity contribution is 0.335. The third kappa shape index (κ3) is 6.41. The monoisotopic (exact) mass is 412 g/mol. The zero-order valence-corrected chi connectivity index (χ0v) is 18.8. The number of pyridine rings is 1. The number of benzene rings is 1. The molecule has 0 aliphatic carbocycles. The van der Waals surface area contributed by atoms with Crippen molar-refractivity contribution in [3.05, 3.63) is 51.9 Å². The summed E-state index contributed by atoms with van der Waals surface area (Å²) in [6, 6.07) is 5.36. The van der Waals surface area contributed by atoms with Gasteiger partial charge in [0.15, 0.2) is 5.75 Å². The highest BCUT2D eigenvalue weighted by Crippen LogP contribution is 2.33. The maximum Gasteiger partial charge on any atom is 0.297 e. The van der Waals surface area contributed by atoms with E-state index in [1.54, 1.807) is 16.7 Å². The fourth-order valence-electron chi connectivity index (χ4n) is 3.45. The summed E-state index contributed by atoms with van der Waals surface area (Å²) in [5.74, 6) is -0.105. The quantitative estimate of drug-likeness (QED) is 0.272. The average molecular weight is 413 g/mol. The highest BCUT2D eigenvalue weighted by molar-refractivity contribution is 5.90. The van der Waals surface area contributed by atoms with Crippen LogP contribution in [0.2, 0.25) is 0 Å². The van der Waals surface area contributed by atoms with Crippen molar-refractivity contribution in [1.29, 1.82) is 0 Å². The van der Waals surface area contributed by atoms with E-state index < -0.39 is 5.56 Å². The first-order chi connectivity index (χ1) is 14.3. The van der Waals surface area contributed by atoms with E-state index in [9.17, 15) is 9.90 Å². The molecule has 0 bridgehead atoms. The number of nitrogens with two attached hydrogens (primary N) is 1. The first-order valence-electron chi connectivity index (χ1n) is 10.9. The van der Waals surface area contributed by atoms with Gasteiger partial charge >= 0.3 is 0 Å². The second-order valence-electron chi connectivity index (χ2n) is 8.15. The zero-order valence-electron chi connectivity index (χ0n) is 18.8. The molecule has 1 aromatic heterocycles. The molecule has 1 aromatic carbocycles. The molecule has 164 valence electrons. The lowest BCUT2D eigenvalue weighted by atomic mass is 10.1. The molecule has 0 atom stereocenters. The molecule has 5 heteroatoms. The Morgan fingerprint density at radius 2 is 1.93 bits per heavy atom. The molecule has 0 saturated heterocycles. The molecule has 0 radical (unpaired) electrons. The van der Waals surface area contributed by atoms with Crippen molar-refractivity contribution >= 4 is 16.6 Å². The summed E-state index contributed by atoms with van der Waals surface area (Å²) in [6.07, 6.45) is 10.3. The van der Waals surface area contributed by atoms with Crippen LogP contribution >= 0.6 is 0 Å². The van der Waals surface area contributed by atoms with Crippen LogP contribution in [-0.2, 0) is 6.54 Å². The van der Waals surface area contributed by atoms with E-state index in [-0.39, 0.29) is 11.5 Å². The predicted molar refractivity (Wildman–Crippen MR) is 126 cm³/mol. The molecule has 2 aromatic rings. The maximum absolute atomic E-state index is 12.9. The Labute approximate surface area is 179 Å². The molecule has 0 saturated carbocycles. The molecule has 0 unspecified atom stereocenters. The molecule has 3 N–H and O–H groups in total. The topological polar surface area (TPSA) is 77.5 Å². The van der Waals surface area contributed by atoms with E-state index in [0.717, 1.165) is 38.5 Å². The van der Waals surface area contributed by atoms with Crippen LogP contribution in [-0.4, -0.2) is 16.3 Å². The molecular weight excluding hydrogens is 376 g/mol. The molecule has 5 nitrogen and oxygen atoms in total. The maximum atomic E-state index is 12.9. The van der Waals surface area contributed by atoms with Crippen molar-refractivity contribution in [2.75, 3.05) is 12.3 Å². The van der Waals surface area contributed by atoms with Gasteiger partial charge in [0, 0.05) is 17.6 Å². The van der Waals surface area contributed by atoms with Gasteiger partial charge in [0.05, 0.1) is 5.52 Å². The Balaban J connectivity index is 2.27. The number of hydrogen-bond acceptors (Lipinski definition) is 4. The van der Waals surface area contributed by atoms with Gasteiger partial charge < -0.3 is 20.1 Å². The van der Waals surface area contributed by atoms with E-state index in [1.165, 1.54) is 11.1 Å². The second-order valence-corrected chi connectivity index (χ2v) is 8.15. The summed E-state index contributed by atoms with van der Waals surface area (Å²) < 4.78 is 7.49. The van der Waals surface area contributed by atoms with Gasteiger partial charge in [0.25, 0.3) is 5.56 Å². The number of nitrogens with zero attached hydrogens (tertiary/aromatic N) is 1. The highest BCUT2D eigenvalue weighted by atomic mass is 16.5. The Morgan fingerprint density at radius 3 is 2.63 bits per heavy atom. The van der Waals surface area contributed by atoms with Gasteiger partial charge in [-0.1, -0.05) is 43.4 Å². The number of hydrogen-bond donors (Lipinski definition) is 2. The van der Waals surface area contributed by atoms with Crippen LogP contribution in [0.3, 0.4) is 0 Å². The van der Waals surface area contributed by atoms with Gasteiger partial charge in [0.2, 0.25) is 5.75 Å². The Hall–Kier alpha value is -2.69. The van der Waals surface area contributed by atoms with E-state index >= 15 is 0 Å². The SMILES string of the molecule is CCCCCCn1c(=O)c(O)c(OC/C=C(\C)CCC=C(C)C)c2ccc(N)cc21. The smallest absolute Gasteiger partial charge is 0.297 e. The van der Waals surface area contributed by atoms with Crippen molar-refractivity contribution in [2.24, 2.45) is 0 Å². The number of aryl methyl sites for hydroxylation is 1. The number of aromatic hydroxyl groups is 1. The van der Waals surface area contributed by atoms with Gasteiger partial charge in [-0.25, -0.2) is 0 Å². The number of fused-ring (bicyclic) bond motifs is 1. The number of aromatic nitrogens is 1. The van der Waals surface area contributed by atoms with Crippen molar-refractivity contribution in [3.8, 4) is 11.5 Å². The Kier molecular flexibility index (Phi) is 9.03. The van der Waals surface area contributed by atoms with Crippen LogP contribution in [0.25, 0.3) is 10.9 Å². The van der Waals surface area contributed by atoms with Crippen LogP contribution in [0.4, 0.5) is 5.69 Å². The number of rotatable bonds is 11. The van der Waals surface area contributed by atoms with Crippen LogP contribution in [0, 0.1) is 0 Å². The molecule has 0 spiro atoms. The summed E-state index contributed by atoms with van der Waals surface area (Å²) in [6.45, 7) is 9.25. The number of anilines is 1. The molecular formula is C25H36N2O3. The molecule has 30 heavy (non-hydrogen) atoms. The van der Waals surface area contributed by atoms with E-state index in [0.29, 0.717) is 29.7 Å². The summed E-state index contributed by atoms with van der Waals surface area (Å²) in [5.41, 5.74) is 9.36. The predicted octanol–water partition coefficient (Wildman–Crippen LogP) is 5.94. The van der Waals surface area contributed by atoms with Crippen LogP contribution in [0.1, 0.15) is 66.2 Å². The number of nitrogen functional groups attached to an aromatic ring is 1. The van der Waals surface area contributed by atoms with E-state index in [1.807, 2.05) is 12.1 Å². The first kappa shape index (κ1) is 23.6. The average Bonchev–Trinajstić information content (AvgIpc) is 2.70. The van der Waals surface area contributed by atoms with Gasteiger partial charge in [-0.3, -0.25) is 4.79 Å². The van der Waals surface area contributed by atoms with Crippen molar-refractivity contribution in [3.63, 3.8) is 0 Å². The van der Waals surface area contributed by atoms with E-state index in [2.05, 4.69) is 33.8 Å².